The fraction of sp³-hybridized carbons (Fsp3) is 0.409. The van der Waals surface area contributed by atoms with E-state index in [1.54, 1.807) is 12.1 Å². The molecule has 0 aliphatic carbocycles. The molecule has 142 valence electrons. The van der Waals surface area contributed by atoms with Gasteiger partial charge in [-0.05, 0) is 55.3 Å². The molecule has 2 aromatic rings. The lowest BCUT2D eigenvalue weighted by Gasteiger charge is -2.41. The maximum Gasteiger partial charge on any atom is 0.320 e. The zero-order valence-corrected chi connectivity index (χ0v) is 15.9. The molecular weight excluding hydrogens is 341 g/mol. The number of rotatable bonds is 2. The number of nitrogens with zero attached hydrogens (tertiary/aromatic N) is 3. The summed E-state index contributed by atoms with van der Waals surface area (Å²) in [6.07, 6.45) is 1.85. The highest BCUT2D eigenvalue weighted by atomic mass is 19.1. The van der Waals surface area contributed by atoms with Crippen LogP contribution in [-0.2, 0) is 6.42 Å². The van der Waals surface area contributed by atoms with E-state index < -0.39 is 0 Å². The van der Waals surface area contributed by atoms with Gasteiger partial charge in [0.1, 0.15) is 5.82 Å². The third-order valence-corrected chi connectivity index (χ3v) is 5.93. The zero-order valence-electron chi connectivity index (χ0n) is 15.9. The monoisotopic (exact) mass is 367 g/mol. The first-order valence-corrected chi connectivity index (χ1v) is 9.60. The second-order valence-corrected chi connectivity index (χ2v) is 7.69. The van der Waals surface area contributed by atoms with E-state index in [4.69, 9.17) is 0 Å². The molecule has 0 radical (unpaired) electrons. The number of urea groups is 1. The Kier molecular flexibility index (Phi) is 4.87. The lowest BCUT2D eigenvalue weighted by atomic mass is 9.88. The van der Waals surface area contributed by atoms with Gasteiger partial charge in [-0.1, -0.05) is 36.4 Å². The Morgan fingerprint density at radius 2 is 1.85 bits per heavy atom. The van der Waals surface area contributed by atoms with Gasteiger partial charge < -0.3 is 14.7 Å². The van der Waals surface area contributed by atoms with Crippen LogP contribution in [0.25, 0.3) is 0 Å². The molecule has 0 spiro atoms. The number of fused-ring (bicyclic) bond motifs is 1. The van der Waals surface area contributed by atoms with Crippen LogP contribution in [-0.4, -0.2) is 60.5 Å². The summed E-state index contributed by atoms with van der Waals surface area (Å²) in [7, 11) is 4.01. The number of benzene rings is 2. The van der Waals surface area contributed by atoms with Crippen molar-refractivity contribution in [1.82, 2.24) is 14.7 Å². The quantitative estimate of drug-likeness (QED) is 0.812. The molecule has 2 heterocycles. The molecule has 0 saturated carbocycles. The maximum atomic E-state index is 13.5. The SMILES string of the molecule is CN1CC[C@@H](N(C)C(=O)N2CCc3ccccc3[C@@H]2c2ccc(F)cc2)C1. The number of amides is 2. The number of carbonyl (C=O) groups is 1. The molecule has 0 N–H and O–H groups in total. The minimum atomic E-state index is -0.258. The van der Waals surface area contributed by atoms with Crippen LogP contribution in [0.15, 0.2) is 48.5 Å². The minimum Gasteiger partial charge on any atom is -0.323 e. The predicted octanol–water partition coefficient (Wildman–Crippen LogP) is 3.53. The van der Waals surface area contributed by atoms with Crippen LogP contribution in [0.4, 0.5) is 9.18 Å². The van der Waals surface area contributed by atoms with E-state index in [2.05, 4.69) is 24.1 Å². The van der Waals surface area contributed by atoms with E-state index in [0.29, 0.717) is 6.54 Å². The summed E-state index contributed by atoms with van der Waals surface area (Å²) in [6, 6.07) is 14.9. The molecule has 2 amide bonds. The highest BCUT2D eigenvalue weighted by Gasteiger charge is 2.36. The first kappa shape index (κ1) is 18.0. The molecule has 4 rings (SSSR count). The number of carbonyl (C=O) groups excluding carboxylic acids is 1. The second-order valence-electron chi connectivity index (χ2n) is 7.69. The molecular formula is C22H26FN3O. The van der Waals surface area contributed by atoms with Crippen LogP contribution >= 0.6 is 0 Å². The van der Waals surface area contributed by atoms with Crippen molar-refractivity contribution in [2.45, 2.75) is 24.9 Å². The van der Waals surface area contributed by atoms with E-state index >= 15 is 0 Å². The summed E-state index contributed by atoms with van der Waals surface area (Å²) in [4.78, 5) is 19.5. The Morgan fingerprint density at radius 3 is 2.56 bits per heavy atom. The van der Waals surface area contributed by atoms with Gasteiger partial charge in [-0.15, -0.1) is 0 Å². The van der Waals surface area contributed by atoms with E-state index in [1.807, 2.05) is 29.0 Å². The average molecular weight is 367 g/mol. The molecule has 0 unspecified atom stereocenters. The third-order valence-electron chi connectivity index (χ3n) is 5.93. The molecule has 5 heteroatoms. The smallest absolute Gasteiger partial charge is 0.320 e. The van der Waals surface area contributed by atoms with E-state index in [0.717, 1.165) is 37.1 Å². The van der Waals surface area contributed by atoms with Crippen molar-refractivity contribution in [3.05, 3.63) is 71.0 Å². The van der Waals surface area contributed by atoms with Crippen LogP contribution in [0.5, 0.6) is 0 Å². The van der Waals surface area contributed by atoms with Crippen molar-refractivity contribution >= 4 is 6.03 Å². The lowest BCUT2D eigenvalue weighted by molar-refractivity contribution is 0.132. The van der Waals surface area contributed by atoms with Gasteiger partial charge in [-0.25, -0.2) is 9.18 Å². The van der Waals surface area contributed by atoms with Crippen molar-refractivity contribution in [2.75, 3.05) is 33.7 Å². The molecule has 0 aromatic heterocycles. The van der Waals surface area contributed by atoms with Crippen molar-refractivity contribution in [3.8, 4) is 0 Å². The Labute approximate surface area is 160 Å². The van der Waals surface area contributed by atoms with E-state index in [-0.39, 0.29) is 23.9 Å². The van der Waals surface area contributed by atoms with Crippen molar-refractivity contribution in [2.24, 2.45) is 0 Å². The molecule has 0 bridgehead atoms. The summed E-state index contributed by atoms with van der Waals surface area (Å²) in [5.41, 5.74) is 3.36. The van der Waals surface area contributed by atoms with Gasteiger partial charge in [0.2, 0.25) is 0 Å². The highest BCUT2D eigenvalue weighted by Crippen LogP contribution is 2.36. The minimum absolute atomic E-state index is 0.0547. The molecule has 2 atom stereocenters. The maximum absolute atomic E-state index is 13.5. The van der Waals surface area contributed by atoms with Gasteiger partial charge in [-0.3, -0.25) is 0 Å². The van der Waals surface area contributed by atoms with Gasteiger partial charge >= 0.3 is 6.03 Å². The topological polar surface area (TPSA) is 26.8 Å². The van der Waals surface area contributed by atoms with E-state index in [9.17, 15) is 9.18 Å². The lowest BCUT2D eigenvalue weighted by Crippen LogP contribution is -2.50. The first-order valence-electron chi connectivity index (χ1n) is 9.60. The van der Waals surface area contributed by atoms with Crippen LogP contribution in [0.1, 0.15) is 29.2 Å². The van der Waals surface area contributed by atoms with Crippen LogP contribution in [0.2, 0.25) is 0 Å². The van der Waals surface area contributed by atoms with Crippen LogP contribution < -0.4 is 0 Å². The highest BCUT2D eigenvalue weighted by molar-refractivity contribution is 5.76. The summed E-state index contributed by atoms with van der Waals surface area (Å²) in [5, 5.41) is 0. The van der Waals surface area contributed by atoms with Gasteiger partial charge in [-0.2, -0.15) is 0 Å². The van der Waals surface area contributed by atoms with Crippen molar-refractivity contribution < 1.29 is 9.18 Å². The molecule has 2 aliphatic rings. The molecule has 2 aromatic carbocycles. The zero-order chi connectivity index (χ0) is 19.0. The average Bonchev–Trinajstić information content (AvgIpc) is 3.13. The summed E-state index contributed by atoms with van der Waals surface area (Å²) in [5.74, 6) is -0.258. The normalized spacial score (nSPS) is 22.6. The van der Waals surface area contributed by atoms with Crippen molar-refractivity contribution in [3.63, 3.8) is 0 Å². The molecule has 27 heavy (non-hydrogen) atoms. The molecule has 2 aliphatic heterocycles. The fourth-order valence-electron chi connectivity index (χ4n) is 4.36. The number of halogens is 1. The standard InChI is InChI=1S/C22H26FN3O/c1-24-13-12-19(15-24)25(2)22(27)26-14-11-16-5-3-4-6-20(16)21(26)17-7-9-18(23)10-8-17/h3-10,19,21H,11-15H2,1-2H3/t19-,21+/m1/s1. The number of hydrogen-bond acceptors (Lipinski definition) is 2. The summed E-state index contributed by atoms with van der Waals surface area (Å²) >= 11 is 0. The summed E-state index contributed by atoms with van der Waals surface area (Å²) in [6.45, 7) is 2.60. The third kappa shape index (κ3) is 3.44. The van der Waals surface area contributed by atoms with Gasteiger partial charge in [0.15, 0.2) is 0 Å². The largest absolute Gasteiger partial charge is 0.323 e. The van der Waals surface area contributed by atoms with Gasteiger partial charge in [0, 0.05) is 26.2 Å². The molecule has 4 nitrogen and oxygen atoms in total. The Bertz CT molecular complexity index is 823. The Morgan fingerprint density at radius 1 is 1.11 bits per heavy atom. The fourth-order valence-corrected chi connectivity index (χ4v) is 4.36. The van der Waals surface area contributed by atoms with Gasteiger partial charge in [0.05, 0.1) is 6.04 Å². The number of likely N-dealkylation sites (tertiary alicyclic amines) is 1. The Hall–Kier alpha value is -2.40. The van der Waals surface area contributed by atoms with Crippen molar-refractivity contribution in [1.29, 1.82) is 0 Å². The first-order chi connectivity index (χ1) is 13.0. The van der Waals surface area contributed by atoms with Crippen LogP contribution in [0, 0.1) is 5.82 Å². The Balaban J connectivity index is 1.68. The summed E-state index contributed by atoms with van der Waals surface area (Å²) < 4.78 is 13.5. The van der Waals surface area contributed by atoms with E-state index in [1.165, 1.54) is 17.7 Å². The number of hydrogen-bond donors (Lipinski definition) is 0. The van der Waals surface area contributed by atoms with Gasteiger partial charge in [0.25, 0.3) is 0 Å². The number of likely N-dealkylation sites (N-methyl/N-ethyl adjacent to an activating group) is 2. The predicted molar refractivity (Wildman–Crippen MR) is 104 cm³/mol. The van der Waals surface area contributed by atoms with Crippen LogP contribution in [0.3, 0.4) is 0 Å². The second kappa shape index (κ2) is 7.31. The molecule has 1 fully saturated rings. The molecule has 1 saturated heterocycles.